The van der Waals surface area contributed by atoms with Crippen LogP contribution >= 0.6 is 23.4 Å². The summed E-state index contributed by atoms with van der Waals surface area (Å²) in [5, 5.41) is 11.9. The van der Waals surface area contributed by atoms with Crippen LogP contribution in [-0.2, 0) is 9.53 Å². The Kier molecular flexibility index (Phi) is 6.85. The molecule has 0 spiro atoms. The quantitative estimate of drug-likeness (QED) is 0.461. The van der Waals surface area contributed by atoms with Crippen LogP contribution < -0.4 is 5.32 Å². The first-order chi connectivity index (χ1) is 14.1. The van der Waals surface area contributed by atoms with Gasteiger partial charge in [-0.1, -0.05) is 47.6 Å². The van der Waals surface area contributed by atoms with E-state index >= 15 is 0 Å². The molecule has 0 bridgehead atoms. The number of ether oxygens (including phenoxy) is 1. The van der Waals surface area contributed by atoms with Crippen LogP contribution in [0.5, 0.6) is 0 Å². The fourth-order valence-corrected chi connectivity index (χ4v) is 3.55. The van der Waals surface area contributed by atoms with Gasteiger partial charge in [0.05, 0.1) is 16.8 Å². The van der Waals surface area contributed by atoms with Crippen molar-refractivity contribution in [2.45, 2.75) is 9.79 Å². The van der Waals surface area contributed by atoms with E-state index in [4.69, 9.17) is 16.3 Å². The van der Waals surface area contributed by atoms with Gasteiger partial charge >= 0.3 is 5.97 Å². The van der Waals surface area contributed by atoms with E-state index in [1.807, 2.05) is 6.07 Å². The summed E-state index contributed by atoms with van der Waals surface area (Å²) in [6.45, 7) is -0.474. The summed E-state index contributed by atoms with van der Waals surface area (Å²) in [6, 6.07) is 19.3. The van der Waals surface area contributed by atoms with E-state index in [1.165, 1.54) is 18.0 Å². The lowest BCUT2D eigenvalue weighted by Crippen LogP contribution is -2.21. The van der Waals surface area contributed by atoms with Gasteiger partial charge < -0.3 is 10.1 Å². The number of carbonyl (C=O) groups is 2. The molecule has 0 aliphatic rings. The van der Waals surface area contributed by atoms with Crippen molar-refractivity contribution >= 4 is 40.9 Å². The topological polar surface area (TPSA) is 92.1 Å². The number of nitrogens with one attached hydrogen (secondary N) is 1. The number of nitrogens with zero attached hydrogens (tertiary/aromatic N) is 2. The molecule has 0 saturated heterocycles. The fourth-order valence-electron chi connectivity index (χ4n) is 2.37. The largest absolute Gasteiger partial charge is 0.452 e. The zero-order valence-electron chi connectivity index (χ0n) is 15.0. The maximum atomic E-state index is 12.5. The second-order valence-corrected chi connectivity index (χ2v) is 7.11. The first-order valence-corrected chi connectivity index (χ1v) is 9.61. The van der Waals surface area contributed by atoms with Crippen molar-refractivity contribution < 1.29 is 14.3 Å². The Morgan fingerprint density at radius 3 is 2.55 bits per heavy atom. The Hall–Kier alpha value is -3.34. The van der Waals surface area contributed by atoms with E-state index in [9.17, 15) is 14.9 Å². The molecular weight excluding hydrogens is 410 g/mol. The summed E-state index contributed by atoms with van der Waals surface area (Å²) in [5.74, 6) is -1.18. The summed E-state index contributed by atoms with van der Waals surface area (Å²) >= 11 is 7.17. The van der Waals surface area contributed by atoms with Gasteiger partial charge in [0.15, 0.2) is 11.8 Å². The second-order valence-electron chi connectivity index (χ2n) is 5.67. The number of halogens is 1. The van der Waals surface area contributed by atoms with Crippen molar-refractivity contribution in [2.24, 2.45) is 0 Å². The molecule has 1 amide bonds. The maximum Gasteiger partial charge on any atom is 0.339 e. The minimum Gasteiger partial charge on any atom is -0.452 e. The standard InChI is InChI=1S/C21H14ClN3O3S/c22-20-16(8-5-11-24-20)25-19(26)13-28-21(27)15-7-2-4-10-18(15)29-17-9-3-1-6-14(17)12-23/h1-11H,13H2,(H,25,26). The number of benzene rings is 2. The van der Waals surface area contributed by atoms with Crippen LogP contribution in [0.3, 0.4) is 0 Å². The first-order valence-electron chi connectivity index (χ1n) is 8.42. The summed E-state index contributed by atoms with van der Waals surface area (Å²) in [6.07, 6.45) is 1.50. The lowest BCUT2D eigenvalue weighted by molar-refractivity contribution is -0.119. The van der Waals surface area contributed by atoms with Crippen molar-refractivity contribution in [3.05, 3.63) is 83.1 Å². The van der Waals surface area contributed by atoms with E-state index in [1.54, 1.807) is 54.6 Å². The number of rotatable bonds is 6. The van der Waals surface area contributed by atoms with Crippen molar-refractivity contribution in [3.8, 4) is 6.07 Å². The van der Waals surface area contributed by atoms with Gasteiger partial charge in [-0.3, -0.25) is 4.79 Å². The molecule has 1 heterocycles. The molecule has 0 aliphatic carbocycles. The van der Waals surface area contributed by atoms with Gasteiger partial charge in [0.1, 0.15) is 6.07 Å². The predicted octanol–water partition coefficient (Wildman–Crippen LogP) is 4.55. The molecule has 3 aromatic rings. The normalized spacial score (nSPS) is 10.1. The summed E-state index contributed by atoms with van der Waals surface area (Å²) in [5.41, 5.74) is 1.14. The van der Waals surface area contributed by atoms with Gasteiger partial charge in [-0.2, -0.15) is 5.26 Å². The Balaban J connectivity index is 1.68. The van der Waals surface area contributed by atoms with Crippen LogP contribution in [0.25, 0.3) is 0 Å². The average molecular weight is 424 g/mol. The van der Waals surface area contributed by atoms with Crippen LogP contribution in [0.1, 0.15) is 15.9 Å². The lowest BCUT2D eigenvalue weighted by Gasteiger charge is -2.10. The van der Waals surface area contributed by atoms with Crippen LogP contribution in [0, 0.1) is 11.3 Å². The summed E-state index contributed by atoms with van der Waals surface area (Å²) in [4.78, 5) is 29.8. The number of hydrogen-bond acceptors (Lipinski definition) is 6. The zero-order valence-corrected chi connectivity index (χ0v) is 16.5. The van der Waals surface area contributed by atoms with Crippen molar-refractivity contribution in [1.29, 1.82) is 5.26 Å². The Morgan fingerprint density at radius 2 is 1.79 bits per heavy atom. The van der Waals surface area contributed by atoms with Crippen LogP contribution in [0.15, 0.2) is 76.7 Å². The van der Waals surface area contributed by atoms with Crippen LogP contribution in [-0.4, -0.2) is 23.5 Å². The van der Waals surface area contributed by atoms with Crippen molar-refractivity contribution in [3.63, 3.8) is 0 Å². The average Bonchev–Trinajstić information content (AvgIpc) is 2.74. The van der Waals surface area contributed by atoms with Gasteiger partial charge in [0.25, 0.3) is 5.91 Å². The highest BCUT2D eigenvalue weighted by atomic mass is 35.5. The second kappa shape index (κ2) is 9.73. The fraction of sp³-hybridized carbons (Fsp3) is 0.0476. The molecule has 1 N–H and O–H groups in total. The van der Waals surface area contributed by atoms with Gasteiger partial charge in [-0.05, 0) is 36.4 Å². The molecule has 6 nitrogen and oxygen atoms in total. The minimum absolute atomic E-state index is 0.144. The molecule has 144 valence electrons. The maximum absolute atomic E-state index is 12.5. The molecule has 0 atom stereocenters. The molecule has 0 aliphatic heterocycles. The molecule has 0 radical (unpaired) electrons. The third-order valence-electron chi connectivity index (χ3n) is 3.70. The number of nitriles is 1. The monoisotopic (exact) mass is 423 g/mol. The molecule has 29 heavy (non-hydrogen) atoms. The van der Waals surface area contributed by atoms with Crippen LogP contribution in [0.2, 0.25) is 5.15 Å². The van der Waals surface area contributed by atoms with E-state index in [0.717, 1.165) is 4.90 Å². The predicted molar refractivity (Wildman–Crippen MR) is 110 cm³/mol. The van der Waals surface area contributed by atoms with Crippen molar-refractivity contribution in [1.82, 2.24) is 4.98 Å². The molecule has 2 aromatic carbocycles. The summed E-state index contributed by atoms with van der Waals surface area (Å²) in [7, 11) is 0. The highest BCUT2D eigenvalue weighted by molar-refractivity contribution is 7.99. The lowest BCUT2D eigenvalue weighted by atomic mass is 10.2. The molecular formula is C21H14ClN3O3S. The third-order valence-corrected chi connectivity index (χ3v) is 5.15. The minimum atomic E-state index is -0.644. The smallest absolute Gasteiger partial charge is 0.339 e. The molecule has 0 unspecified atom stereocenters. The molecule has 0 fully saturated rings. The highest BCUT2D eigenvalue weighted by Crippen LogP contribution is 2.32. The van der Waals surface area contributed by atoms with Gasteiger partial charge in [-0.25, -0.2) is 9.78 Å². The number of carbonyl (C=O) groups excluding carboxylic acids is 2. The van der Waals surface area contributed by atoms with Gasteiger partial charge in [0, 0.05) is 16.0 Å². The number of aromatic nitrogens is 1. The van der Waals surface area contributed by atoms with Crippen molar-refractivity contribution in [2.75, 3.05) is 11.9 Å². The summed E-state index contributed by atoms with van der Waals surface area (Å²) < 4.78 is 5.14. The van der Waals surface area contributed by atoms with E-state index < -0.39 is 18.5 Å². The first kappa shape index (κ1) is 20.4. The molecule has 3 rings (SSSR count). The number of pyridine rings is 1. The Bertz CT molecular complexity index is 1100. The number of amides is 1. The molecule has 8 heteroatoms. The van der Waals surface area contributed by atoms with E-state index in [-0.39, 0.29) is 5.15 Å². The Labute approximate surface area is 176 Å². The zero-order chi connectivity index (χ0) is 20.6. The third kappa shape index (κ3) is 5.35. The van der Waals surface area contributed by atoms with E-state index in [2.05, 4.69) is 16.4 Å². The number of esters is 1. The van der Waals surface area contributed by atoms with Gasteiger partial charge in [-0.15, -0.1) is 0 Å². The van der Waals surface area contributed by atoms with E-state index in [0.29, 0.717) is 21.7 Å². The van der Waals surface area contributed by atoms with Gasteiger partial charge in [0.2, 0.25) is 0 Å². The van der Waals surface area contributed by atoms with Crippen LogP contribution in [0.4, 0.5) is 5.69 Å². The molecule has 0 saturated carbocycles. The number of anilines is 1. The molecule has 1 aromatic heterocycles. The SMILES string of the molecule is N#Cc1ccccc1Sc1ccccc1C(=O)OCC(=O)Nc1cccnc1Cl. The Morgan fingerprint density at radius 1 is 1.07 bits per heavy atom. The highest BCUT2D eigenvalue weighted by Gasteiger charge is 2.16. The number of hydrogen-bond donors (Lipinski definition) is 1.